The topological polar surface area (TPSA) is 151 Å². The van der Waals surface area contributed by atoms with Gasteiger partial charge in [0.25, 0.3) is 0 Å². The maximum atomic E-state index is 14.0. The molecule has 4 rings (SSSR count). The minimum atomic E-state index is -0.739. The third-order valence-electron chi connectivity index (χ3n) is 8.50. The number of nitrogens with one attached hydrogen (secondary N) is 4. The van der Waals surface area contributed by atoms with E-state index in [0.29, 0.717) is 57.5 Å². The van der Waals surface area contributed by atoms with E-state index in [1.54, 1.807) is 35.0 Å². The standard InChI is InChI=1S/C38H53N7O4S2/c1-27(2)36-42-32(25-50-36)23-45(3)37(47)44-34(16-10-11-19-39)35(46)41-30(20-28-12-6-4-7-13-28)17-18-31(21-29-14-8-5-9-15-29)43-38(48)49-24-33-22-40-26-51-33/h4-9,12-15,22,25,27,30-31,34,40H,10-11,16-21,23-24,26,39H2,1-3H3,(H,41,46)(H,43,48)(H,44,47). The van der Waals surface area contributed by atoms with E-state index in [0.717, 1.165) is 39.0 Å². The smallest absolute Gasteiger partial charge is 0.407 e. The first-order chi connectivity index (χ1) is 24.7. The van der Waals surface area contributed by atoms with Gasteiger partial charge in [-0.05, 0) is 62.6 Å². The van der Waals surface area contributed by atoms with Gasteiger partial charge in [0.05, 0.1) is 23.1 Å². The van der Waals surface area contributed by atoms with Crippen LogP contribution in [-0.4, -0.2) is 72.1 Å². The predicted molar refractivity (Wildman–Crippen MR) is 206 cm³/mol. The third kappa shape index (κ3) is 14.2. The molecule has 51 heavy (non-hydrogen) atoms. The Kier molecular flexibility index (Phi) is 16.6. The van der Waals surface area contributed by atoms with Crippen LogP contribution >= 0.6 is 23.1 Å². The van der Waals surface area contributed by atoms with Crippen LogP contribution in [0.2, 0.25) is 0 Å². The van der Waals surface area contributed by atoms with Gasteiger partial charge in [0.1, 0.15) is 12.6 Å². The second-order valence-corrected chi connectivity index (χ2v) is 15.1. The summed E-state index contributed by atoms with van der Waals surface area (Å²) in [6.07, 6.45) is 5.69. The monoisotopic (exact) mass is 735 g/mol. The van der Waals surface area contributed by atoms with Crippen molar-refractivity contribution in [3.63, 3.8) is 0 Å². The number of nitrogens with zero attached hydrogens (tertiary/aromatic N) is 2. The molecule has 4 amide bonds. The summed E-state index contributed by atoms with van der Waals surface area (Å²) >= 11 is 3.20. The van der Waals surface area contributed by atoms with E-state index in [-0.39, 0.29) is 30.6 Å². The molecule has 13 heteroatoms. The number of benzene rings is 2. The number of ether oxygens (including phenoxy) is 1. The molecule has 276 valence electrons. The molecule has 0 saturated heterocycles. The number of nitrogens with two attached hydrogens (primary N) is 1. The number of unbranched alkanes of at least 4 members (excludes halogenated alkanes) is 1. The van der Waals surface area contributed by atoms with Crippen molar-refractivity contribution in [2.45, 2.75) is 89.4 Å². The minimum absolute atomic E-state index is 0.212. The van der Waals surface area contributed by atoms with Gasteiger partial charge >= 0.3 is 12.1 Å². The zero-order valence-corrected chi connectivity index (χ0v) is 31.6. The number of urea groups is 1. The summed E-state index contributed by atoms with van der Waals surface area (Å²) in [5.74, 6) is 0.844. The van der Waals surface area contributed by atoms with E-state index in [9.17, 15) is 14.4 Å². The quantitative estimate of drug-likeness (QED) is 0.0903. The lowest BCUT2D eigenvalue weighted by Crippen LogP contribution is -2.52. The predicted octanol–water partition coefficient (Wildman–Crippen LogP) is 5.89. The van der Waals surface area contributed by atoms with Crippen molar-refractivity contribution in [2.24, 2.45) is 5.73 Å². The van der Waals surface area contributed by atoms with Crippen LogP contribution in [0.25, 0.3) is 0 Å². The summed E-state index contributed by atoms with van der Waals surface area (Å²) in [4.78, 5) is 47.4. The molecule has 6 N–H and O–H groups in total. The molecular formula is C38H53N7O4S2. The maximum absolute atomic E-state index is 14.0. The van der Waals surface area contributed by atoms with Crippen LogP contribution in [0, 0.1) is 0 Å². The fourth-order valence-corrected chi connectivity index (χ4v) is 7.19. The van der Waals surface area contributed by atoms with Gasteiger partial charge in [0.15, 0.2) is 0 Å². The van der Waals surface area contributed by atoms with E-state index in [2.05, 4.69) is 40.1 Å². The molecule has 2 heterocycles. The van der Waals surface area contributed by atoms with Gasteiger partial charge < -0.3 is 36.6 Å². The molecule has 1 aliphatic heterocycles. The highest BCUT2D eigenvalue weighted by molar-refractivity contribution is 8.03. The van der Waals surface area contributed by atoms with Gasteiger partial charge in [-0.1, -0.05) is 74.5 Å². The Labute approximate surface area is 310 Å². The molecule has 0 bridgehead atoms. The van der Waals surface area contributed by atoms with Crippen molar-refractivity contribution >= 4 is 41.1 Å². The van der Waals surface area contributed by atoms with Crippen molar-refractivity contribution in [3.05, 3.63) is 99.0 Å². The van der Waals surface area contributed by atoms with Gasteiger partial charge in [-0.15, -0.1) is 23.1 Å². The molecule has 0 aliphatic carbocycles. The molecule has 11 nitrogen and oxygen atoms in total. The van der Waals surface area contributed by atoms with Crippen molar-refractivity contribution in [2.75, 3.05) is 26.1 Å². The van der Waals surface area contributed by atoms with Crippen LogP contribution in [-0.2, 0) is 28.9 Å². The van der Waals surface area contributed by atoms with Crippen molar-refractivity contribution in [3.8, 4) is 0 Å². The lowest BCUT2D eigenvalue weighted by Gasteiger charge is -2.27. The average molecular weight is 736 g/mol. The third-order valence-corrected chi connectivity index (χ3v) is 10.6. The number of aromatic nitrogens is 1. The summed E-state index contributed by atoms with van der Waals surface area (Å²) in [5, 5.41) is 15.4. The Bertz CT molecular complexity index is 1540. The molecule has 3 aromatic rings. The molecule has 0 spiro atoms. The first-order valence-electron chi connectivity index (χ1n) is 17.7. The van der Waals surface area contributed by atoms with Crippen LogP contribution in [0.1, 0.15) is 73.7 Å². The molecule has 1 aliphatic rings. The van der Waals surface area contributed by atoms with Crippen LogP contribution in [0.15, 0.2) is 77.1 Å². The van der Waals surface area contributed by atoms with E-state index in [1.807, 2.05) is 72.2 Å². The second kappa shape index (κ2) is 21.3. The van der Waals surface area contributed by atoms with Gasteiger partial charge in [-0.2, -0.15) is 0 Å². The van der Waals surface area contributed by atoms with Gasteiger partial charge in [-0.3, -0.25) is 4.79 Å². The molecule has 0 radical (unpaired) electrons. The van der Waals surface area contributed by atoms with E-state index in [4.69, 9.17) is 10.5 Å². The Morgan fingerprint density at radius 2 is 1.57 bits per heavy atom. The molecule has 0 saturated carbocycles. The zero-order chi connectivity index (χ0) is 36.4. The van der Waals surface area contributed by atoms with Gasteiger partial charge in [-0.25, -0.2) is 14.6 Å². The molecule has 0 fully saturated rings. The first-order valence-corrected chi connectivity index (χ1v) is 19.6. The molecule has 1 aromatic heterocycles. The SMILES string of the molecule is CC(C)c1nc(CN(C)C(=O)NC(CCCCN)C(=O)NC(CCC(Cc2ccccc2)NC(=O)OCC2=CNCS2)Cc2ccccc2)cs1. The minimum Gasteiger partial charge on any atom is -0.444 e. The number of amides is 4. The van der Waals surface area contributed by atoms with Crippen LogP contribution in [0.5, 0.6) is 0 Å². The number of carbonyl (C=O) groups excluding carboxylic acids is 3. The number of carbonyl (C=O) groups is 3. The number of hydrogen-bond acceptors (Lipinski definition) is 9. The van der Waals surface area contributed by atoms with E-state index in [1.165, 1.54) is 0 Å². The highest BCUT2D eigenvalue weighted by Gasteiger charge is 2.26. The van der Waals surface area contributed by atoms with Crippen LogP contribution in [0.3, 0.4) is 0 Å². The number of hydrogen-bond donors (Lipinski definition) is 5. The molecular weight excluding hydrogens is 683 g/mol. The second-order valence-electron chi connectivity index (χ2n) is 13.2. The highest BCUT2D eigenvalue weighted by Crippen LogP contribution is 2.21. The summed E-state index contributed by atoms with van der Waals surface area (Å²) in [6.45, 7) is 5.25. The van der Waals surface area contributed by atoms with E-state index < -0.39 is 12.1 Å². The summed E-state index contributed by atoms with van der Waals surface area (Å²) in [6, 6.07) is 18.5. The Morgan fingerprint density at radius 1 is 0.922 bits per heavy atom. The summed E-state index contributed by atoms with van der Waals surface area (Å²) < 4.78 is 5.54. The lowest BCUT2D eigenvalue weighted by atomic mass is 9.95. The number of thioether (sulfide) groups is 1. The Morgan fingerprint density at radius 3 is 2.14 bits per heavy atom. The van der Waals surface area contributed by atoms with Gasteiger partial charge in [0, 0.05) is 41.5 Å². The fraction of sp³-hybridized carbons (Fsp3) is 0.474. The zero-order valence-electron chi connectivity index (χ0n) is 29.9. The summed E-state index contributed by atoms with van der Waals surface area (Å²) in [7, 11) is 1.71. The Hall–Kier alpha value is -4.07. The average Bonchev–Trinajstić information content (AvgIpc) is 3.83. The molecule has 3 unspecified atom stereocenters. The highest BCUT2D eigenvalue weighted by atomic mass is 32.2. The number of alkyl carbamates (subject to hydrolysis) is 1. The van der Waals surface area contributed by atoms with Crippen molar-refractivity contribution in [1.82, 2.24) is 31.2 Å². The largest absolute Gasteiger partial charge is 0.444 e. The first kappa shape index (κ1) is 39.7. The molecule has 2 aromatic carbocycles. The maximum Gasteiger partial charge on any atom is 0.407 e. The normalized spacial score (nSPS) is 14.2. The number of rotatable bonds is 20. The lowest BCUT2D eigenvalue weighted by molar-refractivity contribution is -0.124. The van der Waals surface area contributed by atoms with Crippen molar-refractivity contribution in [1.29, 1.82) is 0 Å². The van der Waals surface area contributed by atoms with Crippen LogP contribution in [0.4, 0.5) is 9.59 Å². The number of thiazole rings is 1. The Balaban J connectivity index is 1.44. The molecule has 3 atom stereocenters. The van der Waals surface area contributed by atoms with Crippen LogP contribution < -0.4 is 27.0 Å². The van der Waals surface area contributed by atoms with Gasteiger partial charge in [0.2, 0.25) is 5.91 Å². The van der Waals surface area contributed by atoms with E-state index >= 15 is 0 Å². The summed E-state index contributed by atoms with van der Waals surface area (Å²) in [5.41, 5.74) is 8.77. The van der Waals surface area contributed by atoms with Crippen molar-refractivity contribution < 1.29 is 19.1 Å². The fourth-order valence-electron chi connectivity index (χ4n) is 5.71.